The third-order valence-corrected chi connectivity index (χ3v) is 2.74. The Morgan fingerprint density at radius 2 is 2.21 bits per heavy atom. The minimum Gasteiger partial charge on any atom is -0.372 e. The number of hydrogen-bond donors (Lipinski definition) is 1. The molecule has 0 aliphatic rings. The summed E-state index contributed by atoms with van der Waals surface area (Å²) in [6.07, 6.45) is 1.15. The van der Waals surface area contributed by atoms with E-state index in [0.717, 1.165) is 6.26 Å². The van der Waals surface area contributed by atoms with Gasteiger partial charge in [0, 0.05) is 11.9 Å². The first kappa shape index (κ1) is 10.5. The molecule has 0 heterocycles. The first-order valence-corrected chi connectivity index (χ1v) is 5.84. The quantitative estimate of drug-likeness (QED) is 0.756. The van der Waals surface area contributed by atoms with Crippen molar-refractivity contribution in [1.29, 1.82) is 5.26 Å². The predicted molar refractivity (Wildman–Crippen MR) is 53.7 cm³/mol. The largest absolute Gasteiger partial charge is 0.372 e. The van der Waals surface area contributed by atoms with E-state index in [4.69, 9.17) is 5.26 Å². The molecule has 1 rings (SSSR count). The van der Waals surface area contributed by atoms with Crippen molar-refractivity contribution in [1.82, 2.24) is 0 Å². The van der Waals surface area contributed by atoms with Crippen molar-refractivity contribution in [2.45, 2.75) is 4.90 Å². The average molecular weight is 210 g/mol. The molecule has 0 aliphatic heterocycles. The molecular weight excluding hydrogens is 200 g/mol. The first-order valence-electron chi connectivity index (χ1n) is 3.95. The zero-order valence-corrected chi connectivity index (χ0v) is 8.50. The van der Waals surface area contributed by atoms with Gasteiger partial charge in [0.25, 0.3) is 0 Å². The molecule has 0 saturated carbocycles. The predicted octanol–water partition coefficient (Wildman–Crippen LogP) is 1.03. The SMILES string of the molecule is CS(=O)(=O)c1cccc(NCC#N)c1. The van der Waals surface area contributed by atoms with E-state index in [-0.39, 0.29) is 11.4 Å². The fraction of sp³-hybridized carbons (Fsp3) is 0.222. The molecule has 1 aromatic carbocycles. The van der Waals surface area contributed by atoms with Crippen molar-refractivity contribution in [2.24, 2.45) is 0 Å². The summed E-state index contributed by atoms with van der Waals surface area (Å²) in [5, 5.41) is 11.1. The van der Waals surface area contributed by atoms with Gasteiger partial charge in [-0.1, -0.05) is 6.07 Å². The molecule has 14 heavy (non-hydrogen) atoms. The molecule has 1 aromatic rings. The van der Waals surface area contributed by atoms with Gasteiger partial charge in [0.1, 0.15) is 6.54 Å². The number of nitriles is 1. The summed E-state index contributed by atoms with van der Waals surface area (Å²) in [5.41, 5.74) is 0.634. The lowest BCUT2D eigenvalue weighted by Crippen LogP contribution is -2.01. The average Bonchev–Trinajstić information content (AvgIpc) is 2.14. The minimum absolute atomic E-state index is 0.160. The van der Waals surface area contributed by atoms with Crippen LogP contribution in [0.5, 0.6) is 0 Å². The molecule has 5 heteroatoms. The Balaban J connectivity index is 2.97. The molecule has 0 saturated heterocycles. The Bertz CT molecular complexity index is 460. The van der Waals surface area contributed by atoms with Gasteiger partial charge in [-0.15, -0.1) is 0 Å². The highest BCUT2D eigenvalue weighted by Crippen LogP contribution is 2.14. The number of nitrogens with one attached hydrogen (secondary N) is 1. The molecule has 0 atom stereocenters. The minimum atomic E-state index is -3.17. The van der Waals surface area contributed by atoms with Crippen LogP contribution in [0.25, 0.3) is 0 Å². The molecular formula is C9H10N2O2S. The Labute approximate surface area is 83.1 Å². The van der Waals surface area contributed by atoms with Crippen LogP contribution in [0.4, 0.5) is 5.69 Å². The van der Waals surface area contributed by atoms with Crippen LogP contribution in [0.1, 0.15) is 0 Å². The monoisotopic (exact) mass is 210 g/mol. The molecule has 0 spiro atoms. The van der Waals surface area contributed by atoms with Crippen molar-refractivity contribution in [3.05, 3.63) is 24.3 Å². The van der Waals surface area contributed by atoms with E-state index in [0.29, 0.717) is 5.69 Å². The molecule has 0 radical (unpaired) electrons. The number of sulfone groups is 1. The summed E-state index contributed by atoms with van der Waals surface area (Å²) < 4.78 is 22.3. The van der Waals surface area contributed by atoms with E-state index in [1.807, 2.05) is 6.07 Å². The summed E-state index contributed by atoms with van der Waals surface area (Å²) in [6.45, 7) is 0.160. The lowest BCUT2D eigenvalue weighted by atomic mass is 10.3. The van der Waals surface area contributed by atoms with Crippen LogP contribution in [0.2, 0.25) is 0 Å². The number of hydrogen-bond acceptors (Lipinski definition) is 4. The zero-order valence-electron chi connectivity index (χ0n) is 7.69. The molecule has 0 fully saturated rings. The second kappa shape index (κ2) is 4.11. The molecule has 0 amide bonds. The van der Waals surface area contributed by atoms with Crippen LogP contribution >= 0.6 is 0 Å². The van der Waals surface area contributed by atoms with Gasteiger partial charge in [0.2, 0.25) is 0 Å². The van der Waals surface area contributed by atoms with Gasteiger partial charge in [-0.25, -0.2) is 8.42 Å². The smallest absolute Gasteiger partial charge is 0.175 e. The van der Waals surface area contributed by atoms with E-state index in [9.17, 15) is 8.42 Å². The van der Waals surface area contributed by atoms with Crippen LogP contribution < -0.4 is 5.32 Å². The van der Waals surface area contributed by atoms with Gasteiger partial charge in [-0.2, -0.15) is 5.26 Å². The van der Waals surface area contributed by atoms with E-state index in [2.05, 4.69) is 5.32 Å². The normalized spacial score (nSPS) is 10.6. The number of benzene rings is 1. The highest BCUT2D eigenvalue weighted by molar-refractivity contribution is 7.90. The lowest BCUT2D eigenvalue weighted by Gasteiger charge is -2.03. The van der Waals surface area contributed by atoms with Crippen LogP contribution in [0, 0.1) is 11.3 Å². The Kier molecular flexibility index (Phi) is 3.10. The van der Waals surface area contributed by atoms with Crippen molar-refractivity contribution < 1.29 is 8.42 Å². The maximum absolute atomic E-state index is 11.2. The van der Waals surface area contributed by atoms with Crippen LogP contribution in [-0.4, -0.2) is 21.2 Å². The van der Waals surface area contributed by atoms with Gasteiger partial charge < -0.3 is 5.32 Å². The zero-order chi connectivity index (χ0) is 10.6. The Hall–Kier alpha value is -1.54. The Morgan fingerprint density at radius 1 is 1.50 bits per heavy atom. The highest BCUT2D eigenvalue weighted by atomic mass is 32.2. The molecule has 4 nitrogen and oxygen atoms in total. The van der Waals surface area contributed by atoms with Crippen molar-refractivity contribution in [2.75, 3.05) is 18.1 Å². The number of anilines is 1. The van der Waals surface area contributed by atoms with Gasteiger partial charge in [0.05, 0.1) is 11.0 Å². The molecule has 0 aliphatic carbocycles. The first-order chi connectivity index (χ1) is 6.54. The Morgan fingerprint density at radius 3 is 2.79 bits per heavy atom. The molecule has 74 valence electrons. The molecule has 0 bridgehead atoms. The van der Waals surface area contributed by atoms with Crippen molar-refractivity contribution in [3.8, 4) is 6.07 Å². The summed E-state index contributed by atoms with van der Waals surface area (Å²) in [7, 11) is -3.17. The third-order valence-electron chi connectivity index (χ3n) is 1.63. The number of nitrogens with zero attached hydrogens (tertiary/aromatic N) is 1. The van der Waals surface area contributed by atoms with Gasteiger partial charge in [0.15, 0.2) is 9.84 Å². The maximum atomic E-state index is 11.2. The van der Waals surface area contributed by atoms with E-state index >= 15 is 0 Å². The van der Waals surface area contributed by atoms with Crippen molar-refractivity contribution in [3.63, 3.8) is 0 Å². The fourth-order valence-corrected chi connectivity index (χ4v) is 1.65. The second-order valence-electron chi connectivity index (χ2n) is 2.81. The van der Waals surface area contributed by atoms with Crippen molar-refractivity contribution >= 4 is 15.5 Å². The highest BCUT2D eigenvalue weighted by Gasteiger charge is 2.06. The summed E-state index contributed by atoms with van der Waals surface area (Å²) in [6, 6.07) is 8.29. The van der Waals surface area contributed by atoms with Crippen LogP contribution in [0.15, 0.2) is 29.2 Å². The summed E-state index contributed by atoms with van der Waals surface area (Å²) in [5.74, 6) is 0. The number of rotatable bonds is 3. The molecule has 0 aromatic heterocycles. The fourth-order valence-electron chi connectivity index (χ4n) is 0.978. The topological polar surface area (TPSA) is 70.0 Å². The van der Waals surface area contributed by atoms with Crippen LogP contribution in [0.3, 0.4) is 0 Å². The van der Waals surface area contributed by atoms with E-state index in [1.165, 1.54) is 12.1 Å². The van der Waals surface area contributed by atoms with E-state index < -0.39 is 9.84 Å². The molecule has 1 N–H and O–H groups in total. The van der Waals surface area contributed by atoms with Gasteiger partial charge in [-0.05, 0) is 18.2 Å². The summed E-state index contributed by atoms with van der Waals surface area (Å²) in [4.78, 5) is 0.250. The maximum Gasteiger partial charge on any atom is 0.175 e. The van der Waals surface area contributed by atoms with Crippen LogP contribution in [-0.2, 0) is 9.84 Å². The standard InChI is InChI=1S/C9H10N2O2S/c1-14(12,13)9-4-2-3-8(7-9)11-6-5-10/h2-4,7,11H,6H2,1H3. The summed E-state index contributed by atoms with van der Waals surface area (Å²) >= 11 is 0. The third kappa shape index (κ3) is 2.75. The van der Waals surface area contributed by atoms with Gasteiger partial charge >= 0.3 is 0 Å². The molecule has 0 unspecified atom stereocenters. The van der Waals surface area contributed by atoms with Gasteiger partial charge in [-0.3, -0.25) is 0 Å². The second-order valence-corrected chi connectivity index (χ2v) is 4.83. The lowest BCUT2D eigenvalue weighted by molar-refractivity contribution is 0.602. The van der Waals surface area contributed by atoms with E-state index in [1.54, 1.807) is 12.1 Å².